The van der Waals surface area contributed by atoms with E-state index in [1.54, 1.807) is 0 Å². The fourth-order valence-electron chi connectivity index (χ4n) is 3.42. The van der Waals surface area contributed by atoms with Crippen molar-refractivity contribution in [3.8, 4) is 0 Å². The van der Waals surface area contributed by atoms with Gasteiger partial charge < -0.3 is 10.3 Å². The van der Waals surface area contributed by atoms with Crippen molar-refractivity contribution in [1.29, 1.82) is 0 Å². The fourth-order valence-corrected chi connectivity index (χ4v) is 3.42. The smallest absolute Gasteiger partial charge is 0.195 e. The van der Waals surface area contributed by atoms with Crippen LogP contribution in [-0.2, 0) is 0 Å². The maximum absolute atomic E-state index is 12.9. The van der Waals surface area contributed by atoms with Gasteiger partial charge in [-0.15, -0.1) is 0 Å². The number of H-pyrrole nitrogens is 1. The summed E-state index contributed by atoms with van der Waals surface area (Å²) in [6.07, 6.45) is 0. The van der Waals surface area contributed by atoms with Gasteiger partial charge in [-0.25, -0.2) is 0 Å². The number of aryl methyl sites for hydroxylation is 1. The molecular weight excluding hydrogens is 312 g/mol. The Bertz CT molecular complexity index is 760. The number of nitrogens with one attached hydrogen (secondary N) is 2. The van der Waals surface area contributed by atoms with Crippen molar-refractivity contribution in [2.75, 3.05) is 0 Å². The largest absolute Gasteiger partial charge is 0.355 e. The summed E-state index contributed by atoms with van der Waals surface area (Å²) in [4.78, 5) is 27.8. The first kappa shape index (κ1) is 19.1. The van der Waals surface area contributed by atoms with Crippen molar-refractivity contribution < 1.29 is 9.59 Å². The average Bonchev–Trinajstić information content (AvgIpc) is 2.86. The summed E-state index contributed by atoms with van der Waals surface area (Å²) in [7, 11) is 0. The standard InChI is InChI=1S/C21H28N2O2/c1-12(2)19(17-10-8-7-9-11-17)23-15(5)21(25)20-13(3)18(16(6)24)14(4)22-20/h7-12,15,19,22-23H,1-6H3/t15-,19+/m0/s1. The van der Waals surface area contributed by atoms with Crippen molar-refractivity contribution in [2.24, 2.45) is 5.92 Å². The van der Waals surface area contributed by atoms with Crippen LogP contribution in [0.25, 0.3) is 0 Å². The summed E-state index contributed by atoms with van der Waals surface area (Å²) < 4.78 is 0. The molecule has 25 heavy (non-hydrogen) atoms. The van der Waals surface area contributed by atoms with Crippen LogP contribution in [0.15, 0.2) is 30.3 Å². The predicted molar refractivity (Wildman–Crippen MR) is 101 cm³/mol. The van der Waals surface area contributed by atoms with Crippen LogP contribution in [0.2, 0.25) is 0 Å². The van der Waals surface area contributed by atoms with Gasteiger partial charge in [0.25, 0.3) is 0 Å². The van der Waals surface area contributed by atoms with Gasteiger partial charge in [-0.3, -0.25) is 9.59 Å². The summed E-state index contributed by atoms with van der Waals surface area (Å²) in [5, 5.41) is 3.46. The molecule has 0 amide bonds. The third-order valence-electron chi connectivity index (χ3n) is 4.68. The van der Waals surface area contributed by atoms with E-state index in [4.69, 9.17) is 0 Å². The summed E-state index contributed by atoms with van der Waals surface area (Å²) in [6, 6.07) is 9.89. The lowest BCUT2D eigenvalue weighted by atomic mass is 9.94. The van der Waals surface area contributed by atoms with Crippen molar-refractivity contribution >= 4 is 11.6 Å². The van der Waals surface area contributed by atoms with Crippen LogP contribution in [0, 0.1) is 19.8 Å². The monoisotopic (exact) mass is 340 g/mol. The lowest BCUT2D eigenvalue weighted by molar-refractivity contribution is 0.0934. The number of aromatic amines is 1. The molecule has 0 saturated carbocycles. The third kappa shape index (κ3) is 4.07. The predicted octanol–water partition coefficient (Wildman–Crippen LogP) is 4.39. The van der Waals surface area contributed by atoms with Gasteiger partial charge in [0.1, 0.15) is 0 Å². The molecule has 4 heteroatoms. The summed E-state index contributed by atoms with van der Waals surface area (Å²) in [6.45, 7) is 11.4. The van der Waals surface area contributed by atoms with Gasteiger partial charge >= 0.3 is 0 Å². The number of Topliss-reactive ketones (excluding diaryl/α,β-unsaturated/α-hetero) is 2. The molecule has 0 unspecified atom stereocenters. The molecule has 0 aliphatic heterocycles. The summed E-state index contributed by atoms with van der Waals surface area (Å²) in [5.41, 5.74) is 3.81. The molecule has 0 aliphatic carbocycles. The highest BCUT2D eigenvalue weighted by atomic mass is 16.1. The molecule has 0 saturated heterocycles. The number of ketones is 2. The molecule has 4 nitrogen and oxygen atoms in total. The Balaban J connectivity index is 2.25. The van der Waals surface area contributed by atoms with Gasteiger partial charge in [0.15, 0.2) is 11.6 Å². The molecule has 1 aromatic carbocycles. The van der Waals surface area contributed by atoms with Gasteiger partial charge in [0.05, 0.1) is 11.7 Å². The Morgan fingerprint density at radius 3 is 2.12 bits per heavy atom. The zero-order valence-electron chi connectivity index (χ0n) is 15.9. The highest BCUT2D eigenvalue weighted by Crippen LogP contribution is 2.24. The number of carbonyl (C=O) groups is 2. The van der Waals surface area contributed by atoms with Crippen molar-refractivity contribution in [2.45, 2.75) is 53.6 Å². The van der Waals surface area contributed by atoms with Gasteiger partial charge in [0, 0.05) is 17.3 Å². The second-order valence-electron chi connectivity index (χ2n) is 7.07. The number of benzene rings is 1. The molecule has 0 radical (unpaired) electrons. The van der Waals surface area contributed by atoms with Crippen molar-refractivity contribution in [1.82, 2.24) is 10.3 Å². The molecular formula is C21H28N2O2. The lowest BCUT2D eigenvalue weighted by Gasteiger charge is -2.26. The lowest BCUT2D eigenvalue weighted by Crippen LogP contribution is -2.39. The van der Waals surface area contributed by atoms with Gasteiger partial charge in [-0.05, 0) is 44.7 Å². The van der Waals surface area contributed by atoms with Crippen molar-refractivity contribution in [3.05, 3.63) is 58.4 Å². The van der Waals surface area contributed by atoms with E-state index in [1.807, 2.05) is 39.0 Å². The average molecular weight is 340 g/mol. The molecule has 0 aliphatic rings. The molecule has 2 aromatic rings. The third-order valence-corrected chi connectivity index (χ3v) is 4.68. The van der Waals surface area contributed by atoms with E-state index in [9.17, 15) is 9.59 Å². The Morgan fingerprint density at radius 1 is 1.04 bits per heavy atom. The molecule has 1 heterocycles. The second-order valence-corrected chi connectivity index (χ2v) is 7.07. The van der Waals surface area contributed by atoms with Gasteiger partial charge in [0.2, 0.25) is 0 Å². The Hall–Kier alpha value is -2.20. The van der Waals surface area contributed by atoms with Crippen LogP contribution < -0.4 is 5.32 Å². The molecule has 134 valence electrons. The van der Waals surface area contributed by atoms with Gasteiger partial charge in [-0.1, -0.05) is 44.2 Å². The summed E-state index contributed by atoms with van der Waals surface area (Å²) >= 11 is 0. The molecule has 2 rings (SSSR count). The number of carbonyl (C=O) groups excluding carboxylic acids is 2. The maximum Gasteiger partial charge on any atom is 0.195 e. The van der Waals surface area contributed by atoms with E-state index in [0.29, 0.717) is 17.2 Å². The normalized spacial score (nSPS) is 13.7. The van der Waals surface area contributed by atoms with E-state index < -0.39 is 0 Å². The van der Waals surface area contributed by atoms with Crippen LogP contribution in [-0.4, -0.2) is 22.6 Å². The van der Waals surface area contributed by atoms with E-state index in [1.165, 1.54) is 12.5 Å². The Morgan fingerprint density at radius 2 is 1.64 bits per heavy atom. The highest BCUT2D eigenvalue weighted by molar-refractivity contribution is 6.05. The van der Waals surface area contributed by atoms with E-state index in [-0.39, 0.29) is 23.7 Å². The van der Waals surface area contributed by atoms with Crippen LogP contribution in [0.5, 0.6) is 0 Å². The molecule has 0 spiro atoms. The fraction of sp³-hybridized carbons (Fsp3) is 0.429. The quantitative estimate of drug-likeness (QED) is 0.735. The number of hydrogen-bond donors (Lipinski definition) is 2. The maximum atomic E-state index is 12.9. The van der Waals surface area contributed by atoms with E-state index in [2.05, 4.69) is 36.3 Å². The van der Waals surface area contributed by atoms with Crippen molar-refractivity contribution in [3.63, 3.8) is 0 Å². The number of rotatable bonds is 7. The van der Waals surface area contributed by atoms with Crippen LogP contribution in [0.4, 0.5) is 0 Å². The first-order chi connectivity index (χ1) is 11.7. The topological polar surface area (TPSA) is 62.0 Å². The second kappa shape index (κ2) is 7.79. The zero-order valence-corrected chi connectivity index (χ0v) is 15.9. The minimum absolute atomic E-state index is 0.0183. The van der Waals surface area contributed by atoms with Crippen LogP contribution >= 0.6 is 0 Å². The SMILES string of the molecule is CC(=O)c1c(C)[nH]c(C(=O)[C@H](C)N[C@@H](c2ccccc2)C(C)C)c1C. The molecule has 2 atom stereocenters. The zero-order chi connectivity index (χ0) is 18.7. The molecule has 0 bridgehead atoms. The van der Waals surface area contributed by atoms with Gasteiger partial charge in [-0.2, -0.15) is 0 Å². The van der Waals surface area contributed by atoms with Crippen LogP contribution in [0.3, 0.4) is 0 Å². The summed E-state index contributed by atoms with van der Waals surface area (Å²) in [5.74, 6) is 0.307. The van der Waals surface area contributed by atoms with Crippen LogP contribution in [0.1, 0.15) is 71.4 Å². The first-order valence-electron chi connectivity index (χ1n) is 8.79. The minimum Gasteiger partial charge on any atom is -0.355 e. The first-order valence-corrected chi connectivity index (χ1v) is 8.79. The molecule has 0 fully saturated rings. The van der Waals surface area contributed by atoms with E-state index in [0.717, 1.165) is 11.3 Å². The number of aromatic nitrogens is 1. The molecule has 1 aromatic heterocycles. The Kier molecular flexibility index (Phi) is 5.96. The molecule has 2 N–H and O–H groups in total. The number of hydrogen-bond acceptors (Lipinski definition) is 3. The highest BCUT2D eigenvalue weighted by Gasteiger charge is 2.26. The Labute approximate surface area is 150 Å². The van der Waals surface area contributed by atoms with E-state index >= 15 is 0 Å². The minimum atomic E-state index is -0.357.